The van der Waals surface area contributed by atoms with Crippen molar-refractivity contribution in [1.82, 2.24) is 10.6 Å². The van der Waals surface area contributed by atoms with Crippen molar-refractivity contribution in [1.29, 1.82) is 0 Å². The molecule has 1 fully saturated rings. The number of hydrogen-bond donors (Lipinski definition) is 3. The van der Waals surface area contributed by atoms with Gasteiger partial charge in [-0.15, -0.1) is 12.4 Å². The first-order valence-corrected chi connectivity index (χ1v) is 8.39. The van der Waals surface area contributed by atoms with Crippen molar-refractivity contribution < 1.29 is 9.59 Å². The molecule has 5 nitrogen and oxygen atoms in total. The van der Waals surface area contributed by atoms with Crippen molar-refractivity contribution in [2.45, 2.75) is 45.7 Å². The minimum Gasteiger partial charge on any atom is -0.350 e. The third-order valence-corrected chi connectivity index (χ3v) is 4.13. The summed E-state index contributed by atoms with van der Waals surface area (Å²) < 4.78 is 0. The predicted molar refractivity (Wildman–Crippen MR) is 100 cm³/mol. The van der Waals surface area contributed by atoms with Gasteiger partial charge in [-0.3, -0.25) is 9.59 Å². The average Bonchev–Trinajstić information content (AvgIpc) is 2.46. The van der Waals surface area contributed by atoms with E-state index in [2.05, 4.69) is 22.9 Å². The second kappa shape index (κ2) is 9.25. The quantitative estimate of drug-likeness (QED) is 0.758. The number of halogens is 2. The molecule has 1 aliphatic rings. The fraction of sp³-hybridized carbons (Fsp3) is 0.529. The van der Waals surface area contributed by atoms with Crippen LogP contribution in [0.15, 0.2) is 18.2 Å². The number of piperidine rings is 1. The Morgan fingerprint density at radius 3 is 2.67 bits per heavy atom. The SMILES string of the molecule is CC(C)NC(=O)c1ccc(Cl)cc1NC(=O)[C@H]1CCN[C@@H](C)C1.Cl. The Bertz CT molecular complexity index is 593. The summed E-state index contributed by atoms with van der Waals surface area (Å²) in [7, 11) is 0. The molecule has 3 N–H and O–H groups in total. The largest absolute Gasteiger partial charge is 0.350 e. The van der Waals surface area contributed by atoms with Gasteiger partial charge in [0.05, 0.1) is 11.3 Å². The van der Waals surface area contributed by atoms with Gasteiger partial charge in [0.15, 0.2) is 0 Å². The Balaban J connectivity index is 0.00000288. The highest BCUT2D eigenvalue weighted by molar-refractivity contribution is 6.31. The molecule has 1 aliphatic heterocycles. The van der Waals surface area contributed by atoms with Crippen LogP contribution in [0.5, 0.6) is 0 Å². The second-order valence-electron chi connectivity index (χ2n) is 6.38. The summed E-state index contributed by atoms with van der Waals surface area (Å²) in [6.45, 7) is 6.68. The first kappa shape index (κ1) is 20.7. The van der Waals surface area contributed by atoms with Gasteiger partial charge in [-0.25, -0.2) is 0 Å². The van der Waals surface area contributed by atoms with Gasteiger partial charge in [0.1, 0.15) is 0 Å². The zero-order valence-corrected chi connectivity index (χ0v) is 15.8. The van der Waals surface area contributed by atoms with E-state index in [1.54, 1.807) is 18.2 Å². The molecule has 24 heavy (non-hydrogen) atoms. The van der Waals surface area contributed by atoms with E-state index in [4.69, 9.17) is 11.6 Å². The van der Waals surface area contributed by atoms with Crippen LogP contribution in [0.3, 0.4) is 0 Å². The van der Waals surface area contributed by atoms with Crippen molar-refractivity contribution in [3.63, 3.8) is 0 Å². The molecule has 1 saturated heterocycles. The molecule has 2 atom stereocenters. The average molecular weight is 374 g/mol. The summed E-state index contributed by atoms with van der Waals surface area (Å²) in [5, 5.41) is 9.53. The smallest absolute Gasteiger partial charge is 0.253 e. The topological polar surface area (TPSA) is 70.2 Å². The van der Waals surface area contributed by atoms with E-state index in [-0.39, 0.29) is 36.2 Å². The van der Waals surface area contributed by atoms with E-state index in [0.29, 0.717) is 22.3 Å². The second-order valence-corrected chi connectivity index (χ2v) is 6.82. The summed E-state index contributed by atoms with van der Waals surface area (Å²) in [6, 6.07) is 5.26. The van der Waals surface area contributed by atoms with Crippen LogP contribution in [0.25, 0.3) is 0 Å². The van der Waals surface area contributed by atoms with Gasteiger partial charge in [-0.05, 0) is 58.4 Å². The standard InChI is InChI=1S/C17H24ClN3O2.ClH/c1-10(2)20-17(23)14-5-4-13(18)9-15(14)21-16(22)12-6-7-19-11(3)8-12;/h4-5,9-12,19H,6-8H2,1-3H3,(H,20,23)(H,21,22);1H/t11-,12-;/m0./s1. The number of carbonyl (C=O) groups is 2. The summed E-state index contributed by atoms with van der Waals surface area (Å²) in [4.78, 5) is 24.8. The minimum absolute atomic E-state index is 0. The van der Waals surface area contributed by atoms with E-state index < -0.39 is 0 Å². The molecular weight excluding hydrogens is 349 g/mol. The lowest BCUT2D eigenvalue weighted by Crippen LogP contribution is -2.40. The molecule has 0 aliphatic carbocycles. The highest BCUT2D eigenvalue weighted by atomic mass is 35.5. The van der Waals surface area contributed by atoms with Crippen molar-refractivity contribution >= 4 is 41.5 Å². The van der Waals surface area contributed by atoms with Crippen molar-refractivity contribution in [3.05, 3.63) is 28.8 Å². The van der Waals surface area contributed by atoms with E-state index >= 15 is 0 Å². The fourth-order valence-electron chi connectivity index (χ4n) is 2.76. The van der Waals surface area contributed by atoms with Crippen LogP contribution in [0.2, 0.25) is 5.02 Å². The number of anilines is 1. The lowest BCUT2D eigenvalue weighted by Gasteiger charge is -2.27. The predicted octanol–water partition coefficient (Wildman–Crippen LogP) is 3.23. The first-order valence-electron chi connectivity index (χ1n) is 8.01. The van der Waals surface area contributed by atoms with E-state index in [0.717, 1.165) is 19.4 Å². The maximum absolute atomic E-state index is 12.5. The molecule has 1 aromatic carbocycles. The number of amides is 2. The maximum Gasteiger partial charge on any atom is 0.253 e. The molecule has 0 radical (unpaired) electrons. The molecular formula is C17H25Cl2N3O2. The molecule has 7 heteroatoms. The van der Waals surface area contributed by atoms with Crippen molar-refractivity contribution in [2.75, 3.05) is 11.9 Å². The normalized spacial score (nSPS) is 20.2. The molecule has 2 amide bonds. The van der Waals surface area contributed by atoms with Gasteiger partial charge in [0.25, 0.3) is 5.91 Å². The van der Waals surface area contributed by atoms with Crippen LogP contribution in [0, 0.1) is 5.92 Å². The van der Waals surface area contributed by atoms with Crippen LogP contribution in [-0.4, -0.2) is 30.4 Å². The number of rotatable bonds is 4. The van der Waals surface area contributed by atoms with Gasteiger partial charge >= 0.3 is 0 Å². The Hall–Kier alpha value is -1.30. The molecule has 1 aromatic rings. The fourth-order valence-corrected chi connectivity index (χ4v) is 2.93. The van der Waals surface area contributed by atoms with E-state index in [1.165, 1.54) is 0 Å². The van der Waals surface area contributed by atoms with Crippen LogP contribution in [-0.2, 0) is 4.79 Å². The van der Waals surface area contributed by atoms with E-state index in [1.807, 2.05) is 13.8 Å². The number of hydrogen-bond acceptors (Lipinski definition) is 3. The highest BCUT2D eigenvalue weighted by Gasteiger charge is 2.25. The van der Waals surface area contributed by atoms with Crippen LogP contribution < -0.4 is 16.0 Å². The molecule has 0 aromatic heterocycles. The van der Waals surface area contributed by atoms with Gasteiger partial charge in [0.2, 0.25) is 5.91 Å². The summed E-state index contributed by atoms with van der Waals surface area (Å²) in [5.74, 6) is -0.323. The van der Waals surface area contributed by atoms with Gasteiger partial charge in [-0.1, -0.05) is 11.6 Å². The van der Waals surface area contributed by atoms with E-state index in [9.17, 15) is 9.59 Å². The monoisotopic (exact) mass is 373 g/mol. The molecule has 134 valence electrons. The Kier molecular flexibility index (Phi) is 8.00. The van der Waals surface area contributed by atoms with Gasteiger partial charge in [-0.2, -0.15) is 0 Å². The van der Waals surface area contributed by atoms with Crippen LogP contribution >= 0.6 is 24.0 Å². The first-order chi connectivity index (χ1) is 10.9. The third kappa shape index (κ3) is 5.65. The summed E-state index contributed by atoms with van der Waals surface area (Å²) in [5.41, 5.74) is 0.894. The molecule has 1 heterocycles. The lowest BCUT2D eigenvalue weighted by molar-refractivity contribution is -0.120. The van der Waals surface area contributed by atoms with Gasteiger partial charge < -0.3 is 16.0 Å². The van der Waals surface area contributed by atoms with Gasteiger partial charge in [0, 0.05) is 23.0 Å². The highest BCUT2D eigenvalue weighted by Crippen LogP contribution is 2.24. The van der Waals surface area contributed by atoms with Crippen LogP contribution in [0.4, 0.5) is 5.69 Å². The molecule has 0 saturated carbocycles. The number of carbonyl (C=O) groups excluding carboxylic acids is 2. The van der Waals surface area contributed by atoms with Crippen molar-refractivity contribution in [3.8, 4) is 0 Å². The molecule has 0 bridgehead atoms. The Labute approximate surface area is 154 Å². The lowest BCUT2D eigenvalue weighted by atomic mass is 9.92. The zero-order valence-electron chi connectivity index (χ0n) is 14.2. The third-order valence-electron chi connectivity index (χ3n) is 3.90. The number of nitrogens with one attached hydrogen (secondary N) is 3. The maximum atomic E-state index is 12.5. The minimum atomic E-state index is -0.217. The molecule has 0 unspecified atom stereocenters. The summed E-state index contributed by atoms with van der Waals surface area (Å²) >= 11 is 6.03. The molecule has 0 spiro atoms. The zero-order chi connectivity index (χ0) is 17.0. The van der Waals surface area contributed by atoms with Crippen molar-refractivity contribution in [2.24, 2.45) is 5.92 Å². The Morgan fingerprint density at radius 1 is 1.33 bits per heavy atom. The summed E-state index contributed by atoms with van der Waals surface area (Å²) in [6.07, 6.45) is 1.59. The van der Waals surface area contributed by atoms with Crippen LogP contribution in [0.1, 0.15) is 44.0 Å². The Morgan fingerprint density at radius 2 is 2.04 bits per heavy atom. The molecule has 2 rings (SSSR count). The number of benzene rings is 1.